The van der Waals surface area contributed by atoms with Gasteiger partial charge in [0.25, 0.3) is 0 Å². The average molecular weight is 267 g/mol. The van der Waals surface area contributed by atoms with E-state index in [2.05, 4.69) is 5.16 Å². The van der Waals surface area contributed by atoms with E-state index in [-0.39, 0.29) is 17.9 Å². The minimum Gasteiger partial charge on any atom is -0.454 e. The maximum absolute atomic E-state index is 11.7. The van der Waals surface area contributed by atoms with Crippen molar-refractivity contribution in [3.63, 3.8) is 0 Å². The number of hydrogen-bond acceptors (Lipinski definition) is 5. The molecule has 0 aliphatic rings. The second kappa shape index (κ2) is 5.10. The molecular formula is C12H11ClN2O3. The van der Waals surface area contributed by atoms with Crippen molar-refractivity contribution in [2.45, 2.75) is 13.5 Å². The number of aryl methyl sites for hydroxylation is 1. The van der Waals surface area contributed by atoms with Crippen LogP contribution in [-0.2, 0) is 11.3 Å². The number of nitrogen functional groups attached to an aromatic ring is 1. The van der Waals surface area contributed by atoms with Gasteiger partial charge in [-0.25, -0.2) is 4.79 Å². The van der Waals surface area contributed by atoms with Crippen LogP contribution >= 0.6 is 11.6 Å². The molecule has 0 unspecified atom stereocenters. The first-order valence-corrected chi connectivity index (χ1v) is 5.58. The monoisotopic (exact) mass is 266 g/mol. The Kier molecular flexibility index (Phi) is 3.53. The molecule has 2 aromatic rings. The van der Waals surface area contributed by atoms with E-state index in [1.54, 1.807) is 19.1 Å². The lowest BCUT2D eigenvalue weighted by Crippen LogP contribution is -2.07. The summed E-state index contributed by atoms with van der Waals surface area (Å²) in [5.74, 6) is -0.0494. The summed E-state index contributed by atoms with van der Waals surface area (Å²) in [5, 5.41) is 4.16. The third-order valence-electron chi connectivity index (χ3n) is 2.26. The quantitative estimate of drug-likeness (QED) is 0.682. The first-order chi connectivity index (χ1) is 8.56. The van der Waals surface area contributed by atoms with Crippen molar-refractivity contribution in [1.82, 2.24) is 5.16 Å². The predicted octanol–water partition coefficient (Wildman–Crippen LogP) is 2.58. The zero-order valence-corrected chi connectivity index (χ0v) is 10.4. The van der Waals surface area contributed by atoms with Gasteiger partial charge in [0, 0.05) is 16.8 Å². The maximum Gasteiger partial charge on any atom is 0.340 e. The Hall–Kier alpha value is -2.01. The van der Waals surface area contributed by atoms with Crippen LogP contribution in [-0.4, -0.2) is 11.1 Å². The Morgan fingerprint density at radius 1 is 1.50 bits per heavy atom. The van der Waals surface area contributed by atoms with Crippen LogP contribution in [0.1, 0.15) is 21.8 Å². The first-order valence-electron chi connectivity index (χ1n) is 5.20. The molecule has 2 N–H and O–H groups in total. The maximum atomic E-state index is 11.7. The van der Waals surface area contributed by atoms with Crippen LogP contribution in [0.25, 0.3) is 0 Å². The van der Waals surface area contributed by atoms with Gasteiger partial charge in [-0.05, 0) is 25.1 Å². The Balaban J connectivity index is 2.03. The van der Waals surface area contributed by atoms with Crippen LogP contribution in [0.4, 0.5) is 5.69 Å². The van der Waals surface area contributed by atoms with Gasteiger partial charge in [0.15, 0.2) is 12.4 Å². The Morgan fingerprint density at radius 2 is 2.28 bits per heavy atom. The van der Waals surface area contributed by atoms with E-state index in [0.29, 0.717) is 10.8 Å². The smallest absolute Gasteiger partial charge is 0.340 e. The van der Waals surface area contributed by atoms with E-state index in [4.69, 9.17) is 26.6 Å². The van der Waals surface area contributed by atoms with Gasteiger partial charge in [0.2, 0.25) is 0 Å². The molecule has 0 atom stereocenters. The van der Waals surface area contributed by atoms with Crippen LogP contribution in [0.5, 0.6) is 0 Å². The summed E-state index contributed by atoms with van der Waals surface area (Å²) in [6.45, 7) is 1.80. The van der Waals surface area contributed by atoms with Crippen LogP contribution in [0, 0.1) is 6.92 Å². The van der Waals surface area contributed by atoms with Crippen molar-refractivity contribution in [3.05, 3.63) is 46.3 Å². The fourth-order valence-electron chi connectivity index (χ4n) is 1.42. The zero-order valence-electron chi connectivity index (χ0n) is 9.64. The second-order valence-electron chi connectivity index (χ2n) is 3.74. The van der Waals surface area contributed by atoms with Gasteiger partial charge in [0.1, 0.15) is 0 Å². The molecule has 0 amide bonds. The molecular weight excluding hydrogens is 256 g/mol. The van der Waals surface area contributed by atoms with Gasteiger partial charge in [0.05, 0.1) is 11.3 Å². The molecule has 0 spiro atoms. The van der Waals surface area contributed by atoms with Crippen molar-refractivity contribution in [2.24, 2.45) is 0 Å². The number of esters is 1. The summed E-state index contributed by atoms with van der Waals surface area (Å²) < 4.78 is 9.97. The highest BCUT2D eigenvalue weighted by Crippen LogP contribution is 2.19. The van der Waals surface area contributed by atoms with Gasteiger partial charge in [-0.1, -0.05) is 16.8 Å². The molecule has 1 aromatic heterocycles. The van der Waals surface area contributed by atoms with Crippen LogP contribution in [0.3, 0.4) is 0 Å². The van der Waals surface area contributed by atoms with Crippen molar-refractivity contribution in [1.29, 1.82) is 0 Å². The average Bonchev–Trinajstić information content (AvgIpc) is 2.72. The second-order valence-corrected chi connectivity index (χ2v) is 4.18. The molecule has 6 heteroatoms. The molecule has 0 bridgehead atoms. The number of anilines is 1. The molecule has 0 saturated carbocycles. The molecule has 0 aliphatic carbocycles. The lowest BCUT2D eigenvalue weighted by atomic mass is 10.2. The molecule has 18 heavy (non-hydrogen) atoms. The number of nitrogens with zero attached hydrogens (tertiary/aromatic N) is 1. The van der Waals surface area contributed by atoms with Crippen LogP contribution in [0.2, 0.25) is 5.02 Å². The molecule has 1 aromatic carbocycles. The molecule has 0 saturated heterocycles. The van der Waals surface area contributed by atoms with E-state index in [1.165, 1.54) is 12.1 Å². The van der Waals surface area contributed by atoms with E-state index in [1.807, 2.05) is 0 Å². The molecule has 5 nitrogen and oxygen atoms in total. The molecule has 0 aliphatic heterocycles. The molecule has 1 heterocycles. The lowest BCUT2D eigenvalue weighted by molar-refractivity contribution is 0.0438. The number of nitrogens with two attached hydrogens (primary N) is 1. The third kappa shape index (κ3) is 2.81. The minimum absolute atomic E-state index is 0.0156. The fourth-order valence-corrected chi connectivity index (χ4v) is 1.60. The van der Waals surface area contributed by atoms with E-state index >= 15 is 0 Å². The lowest BCUT2D eigenvalue weighted by Gasteiger charge is -2.05. The molecule has 0 radical (unpaired) electrons. The van der Waals surface area contributed by atoms with Gasteiger partial charge < -0.3 is 15.0 Å². The van der Waals surface area contributed by atoms with Crippen LogP contribution < -0.4 is 5.73 Å². The number of aromatic nitrogens is 1. The largest absolute Gasteiger partial charge is 0.454 e. The standard InChI is InChI=1S/C12H11ClN2O3/c1-7-4-9(18-15-7)6-17-12(16)10-3-2-8(13)5-11(10)14/h2-5H,6,14H2,1H3. The Bertz CT molecular complexity index is 580. The summed E-state index contributed by atoms with van der Waals surface area (Å²) in [6, 6.07) is 6.29. The van der Waals surface area contributed by atoms with E-state index < -0.39 is 5.97 Å². The minimum atomic E-state index is -0.529. The summed E-state index contributed by atoms with van der Waals surface area (Å²) >= 11 is 5.74. The highest BCUT2D eigenvalue weighted by molar-refractivity contribution is 6.31. The highest BCUT2D eigenvalue weighted by atomic mass is 35.5. The number of carbonyl (C=O) groups is 1. The van der Waals surface area contributed by atoms with Crippen molar-refractivity contribution >= 4 is 23.3 Å². The Morgan fingerprint density at radius 3 is 2.89 bits per heavy atom. The number of carbonyl (C=O) groups excluding carboxylic acids is 1. The highest BCUT2D eigenvalue weighted by Gasteiger charge is 2.12. The molecule has 0 fully saturated rings. The third-order valence-corrected chi connectivity index (χ3v) is 2.49. The SMILES string of the molecule is Cc1cc(COC(=O)c2ccc(Cl)cc2N)on1. The summed E-state index contributed by atoms with van der Waals surface area (Å²) in [6.07, 6.45) is 0. The van der Waals surface area contributed by atoms with Gasteiger partial charge >= 0.3 is 5.97 Å². The van der Waals surface area contributed by atoms with Gasteiger partial charge in [-0.2, -0.15) is 0 Å². The van der Waals surface area contributed by atoms with Gasteiger partial charge in [-0.15, -0.1) is 0 Å². The van der Waals surface area contributed by atoms with Crippen LogP contribution in [0.15, 0.2) is 28.8 Å². The summed E-state index contributed by atoms with van der Waals surface area (Å²) in [7, 11) is 0. The Labute approximate surface area is 108 Å². The van der Waals surface area contributed by atoms with Crippen molar-refractivity contribution in [3.8, 4) is 0 Å². The number of rotatable bonds is 3. The number of benzene rings is 1. The summed E-state index contributed by atoms with van der Waals surface area (Å²) in [5.41, 5.74) is 6.96. The summed E-state index contributed by atoms with van der Waals surface area (Å²) in [4.78, 5) is 11.7. The zero-order chi connectivity index (χ0) is 13.1. The fraction of sp³-hybridized carbons (Fsp3) is 0.167. The number of halogens is 1. The molecule has 94 valence electrons. The molecule has 2 rings (SSSR count). The first kappa shape index (κ1) is 12.4. The normalized spacial score (nSPS) is 10.3. The van der Waals surface area contributed by atoms with E-state index in [9.17, 15) is 4.79 Å². The van der Waals surface area contributed by atoms with Gasteiger partial charge in [-0.3, -0.25) is 0 Å². The predicted molar refractivity (Wildman–Crippen MR) is 66.2 cm³/mol. The van der Waals surface area contributed by atoms with Crippen molar-refractivity contribution in [2.75, 3.05) is 5.73 Å². The van der Waals surface area contributed by atoms with Crippen molar-refractivity contribution < 1.29 is 14.1 Å². The van der Waals surface area contributed by atoms with E-state index in [0.717, 1.165) is 5.69 Å². The topological polar surface area (TPSA) is 78.4 Å². The number of hydrogen-bond donors (Lipinski definition) is 1. The number of ether oxygens (including phenoxy) is 1.